The quantitative estimate of drug-likeness (QED) is 0.812. The topological polar surface area (TPSA) is 60.2 Å². The molecule has 0 saturated carbocycles. The molecule has 0 radical (unpaired) electrons. The van der Waals surface area contributed by atoms with Crippen molar-refractivity contribution in [2.24, 2.45) is 5.73 Å². The van der Waals surface area contributed by atoms with Crippen molar-refractivity contribution in [2.75, 3.05) is 18.5 Å². The Balaban J connectivity index is 1.75. The number of ether oxygens (including phenoxy) is 1. The van der Waals surface area contributed by atoms with Gasteiger partial charge in [0.15, 0.2) is 0 Å². The van der Waals surface area contributed by atoms with Gasteiger partial charge in [-0.2, -0.15) is 0 Å². The maximum atomic E-state index is 6.03. The van der Waals surface area contributed by atoms with Crippen molar-refractivity contribution < 1.29 is 4.74 Å². The molecule has 2 rings (SSSR count). The Labute approximate surface area is 120 Å². The summed E-state index contributed by atoms with van der Waals surface area (Å²) in [5, 5.41) is 3.28. The minimum atomic E-state index is -0.0690. The van der Waals surface area contributed by atoms with Crippen LogP contribution < -0.4 is 15.8 Å². The summed E-state index contributed by atoms with van der Waals surface area (Å²) in [5.41, 5.74) is 8.26. The molecule has 20 heavy (non-hydrogen) atoms. The summed E-state index contributed by atoms with van der Waals surface area (Å²) in [6.07, 6.45) is 4.52. The lowest BCUT2D eigenvalue weighted by Gasteiger charge is -2.15. The molecule has 0 saturated heterocycles. The number of hydrogen-bond donors (Lipinski definition) is 2. The van der Waals surface area contributed by atoms with Gasteiger partial charge in [-0.3, -0.25) is 4.98 Å². The van der Waals surface area contributed by atoms with Crippen LogP contribution in [-0.2, 0) is 6.42 Å². The van der Waals surface area contributed by atoms with Gasteiger partial charge in [0.25, 0.3) is 0 Å². The lowest BCUT2D eigenvalue weighted by Crippen LogP contribution is -2.35. The molecule has 3 N–H and O–H groups in total. The van der Waals surface area contributed by atoms with Crippen molar-refractivity contribution in [1.82, 2.24) is 4.98 Å². The van der Waals surface area contributed by atoms with E-state index in [0.717, 1.165) is 17.9 Å². The molecule has 0 bridgehead atoms. The Hall–Kier alpha value is -2.07. The summed E-state index contributed by atoms with van der Waals surface area (Å²) in [5.74, 6) is 0.777. The zero-order valence-electron chi connectivity index (χ0n) is 11.8. The van der Waals surface area contributed by atoms with Crippen LogP contribution in [0.5, 0.6) is 5.75 Å². The first-order chi connectivity index (χ1) is 9.78. The Bertz CT molecular complexity index is 516. The van der Waals surface area contributed by atoms with Gasteiger partial charge in [0.05, 0.1) is 12.2 Å². The number of anilines is 1. The maximum Gasteiger partial charge on any atom is 0.137 e. The predicted molar refractivity (Wildman–Crippen MR) is 82.0 cm³/mol. The SMILES string of the molecule is CCc1cncc(OC[C@@H](N)CNc2ccccc2)c1. The van der Waals surface area contributed by atoms with Crippen LogP contribution in [0.1, 0.15) is 12.5 Å². The molecule has 1 atom stereocenters. The highest BCUT2D eigenvalue weighted by Crippen LogP contribution is 2.11. The van der Waals surface area contributed by atoms with E-state index in [-0.39, 0.29) is 6.04 Å². The summed E-state index contributed by atoms with van der Waals surface area (Å²) >= 11 is 0. The van der Waals surface area contributed by atoms with Crippen LogP contribution >= 0.6 is 0 Å². The third-order valence-corrected chi connectivity index (χ3v) is 2.98. The minimum absolute atomic E-state index is 0.0690. The number of benzene rings is 1. The fraction of sp³-hybridized carbons (Fsp3) is 0.312. The molecule has 106 valence electrons. The van der Waals surface area contributed by atoms with E-state index in [2.05, 4.69) is 17.2 Å². The number of nitrogens with two attached hydrogens (primary N) is 1. The van der Waals surface area contributed by atoms with E-state index in [1.807, 2.05) is 42.6 Å². The Morgan fingerprint density at radius 3 is 2.80 bits per heavy atom. The Morgan fingerprint density at radius 1 is 1.25 bits per heavy atom. The zero-order valence-corrected chi connectivity index (χ0v) is 11.8. The number of pyridine rings is 1. The summed E-state index contributed by atoms with van der Waals surface area (Å²) in [6, 6.07) is 11.9. The van der Waals surface area contributed by atoms with Crippen LogP contribution in [0.3, 0.4) is 0 Å². The number of para-hydroxylation sites is 1. The first-order valence-electron chi connectivity index (χ1n) is 6.89. The van der Waals surface area contributed by atoms with Gasteiger partial charge in [0.1, 0.15) is 12.4 Å². The Kier molecular flexibility index (Phi) is 5.38. The highest BCUT2D eigenvalue weighted by molar-refractivity contribution is 5.42. The van der Waals surface area contributed by atoms with Gasteiger partial charge >= 0.3 is 0 Å². The fourth-order valence-electron chi connectivity index (χ4n) is 1.80. The summed E-state index contributed by atoms with van der Waals surface area (Å²) < 4.78 is 5.67. The number of aromatic nitrogens is 1. The molecule has 1 aromatic heterocycles. The molecule has 4 heteroatoms. The maximum absolute atomic E-state index is 6.03. The van der Waals surface area contributed by atoms with Gasteiger partial charge in [-0.25, -0.2) is 0 Å². The molecule has 0 spiro atoms. The van der Waals surface area contributed by atoms with E-state index < -0.39 is 0 Å². The highest BCUT2D eigenvalue weighted by Gasteiger charge is 2.04. The van der Waals surface area contributed by atoms with E-state index in [0.29, 0.717) is 13.2 Å². The summed E-state index contributed by atoms with van der Waals surface area (Å²) in [4.78, 5) is 4.15. The van der Waals surface area contributed by atoms with Crippen LogP contribution in [0.15, 0.2) is 48.8 Å². The number of nitrogens with zero attached hydrogens (tertiary/aromatic N) is 1. The lowest BCUT2D eigenvalue weighted by molar-refractivity contribution is 0.291. The Morgan fingerprint density at radius 2 is 2.05 bits per heavy atom. The van der Waals surface area contributed by atoms with E-state index in [9.17, 15) is 0 Å². The third kappa shape index (κ3) is 4.55. The summed E-state index contributed by atoms with van der Waals surface area (Å²) in [7, 11) is 0. The van der Waals surface area contributed by atoms with Crippen LogP contribution in [0.4, 0.5) is 5.69 Å². The van der Waals surface area contributed by atoms with Gasteiger partial charge < -0.3 is 15.8 Å². The molecule has 0 amide bonds. The van der Waals surface area contributed by atoms with Crippen molar-refractivity contribution in [3.8, 4) is 5.75 Å². The number of hydrogen-bond acceptors (Lipinski definition) is 4. The molecule has 0 fully saturated rings. The smallest absolute Gasteiger partial charge is 0.137 e. The predicted octanol–water partition coefficient (Wildman–Crippen LogP) is 2.46. The first kappa shape index (κ1) is 14.3. The van der Waals surface area contributed by atoms with Crippen molar-refractivity contribution >= 4 is 5.69 Å². The average molecular weight is 271 g/mol. The van der Waals surface area contributed by atoms with Crippen LogP contribution in [0, 0.1) is 0 Å². The monoisotopic (exact) mass is 271 g/mol. The first-order valence-corrected chi connectivity index (χ1v) is 6.89. The largest absolute Gasteiger partial charge is 0.490 e. The van der Waals surface area contributed by atoms with Crippen LogP contribution in [0.25, 0.3) is 0 Å². The van der Waals surface area contributed by atoms with Gasteiger partial charge in [-0.1, -0.05) is 25.1 Å². The lowest BCUT2D eigenvalue weighted by atomic mass is 10.2. The third-order valence-electron chi connectivity index (χ3n) is 2.98. The molecular weight excluding hydrogens is 250 g/mol. The van der Waals surface area contributed by atoms with Gasteiger partial charge in [0, 0.05) is 18.4 Å². The second kappa shape index (κ2) is 7.50. The normalized spacial score (nSPS) is 11.9. The molecule has 1 heterocycles. The molecule has 2 aromatic rings. The van der Waals surface area contributed by atoms with Gasteiger partial charge in [-0.05, 0) is 30.2 Å². The fourth-order valence-corrected chi connectivity index (χ4v) is 1.80. The molecule has 0 aliphatic heterocycles. The van der Waals surface area contributed by atoms with Crippen molar-refractivity contribution in [2.45, 2.75) is 19.4 Å². The van der Waals surface area contributed by atoms with Crippen molar-refractivity contribution in [3.63, 3.8) is 0 Å². The van der Waals surface area contributed by atoms with Crippen LogP contribution in [-0.4, -0.2) is 24.2 Å². The highest BCUT2D eigenvalue weighted by atomic mass is 16.5. The van der Waals surface area contributed by atoms with E-state index in [1.54, 1.807) is 6.20 Å². The number of aryl methyl sites for hydroxylation is 1. The average Bonchev–Trinajstić information content (AvgIpc) is 2.52. The molecule has 1 aromatic carbocycles. The number of rotatable bonds is 7. The standard InChI is InChI=1S/C16H21N3O/c1-2-13-8-16(11-18-9-13)20-12-14(17)10-19-15-6-4-3-5-7-15/h3-9,11,14,19H,2,10,12,17H2,1H3/t14-/m0/s1. The molecule has 4 nitrogen and oxygen atoms in total. The van der Waals surface area contributed by atoms with Gasteiger partial charge in [-0.15, -0.1) is 0 Å². The second-order valence-corrected chi connectivity index (χ2v) is 4.70. The molecular formula is C16H21N3O. The second-order valence-electron chi connectivity index (χ2n) is 4.70. The summed E-state index contributed by atoms with van der Waals surface area (Å²) in [6.45, 7) is 3.23. The van der Waals surface area contributed by atoms with Crippen molar-refractivity contribution in [3.05, 3.63) is 54.4 Å². The number of nitrogens with one attached hydrogen (secondary N) is 1. The van der Waals surface area contributed by atoms with Crippen LogP contribution in [0.2, 0.25) is 0 Å². The van der Waals surface area contributed by atoms with E-state index in [1.165, 1.54) is 5.56 Å². The zero-order chi connectivity index (χ0) is 14.2. The molecule has 0 aliphatic carbocycles. The minimum Gasteiger partial charge on any atom is -0.490 e. The van der Waals surface area contributed by atoms with Crippen molar-refractivity contribution in [1.29, 1.82) is 0 Å². The molecule has 0 aliphatic rings. The molecule has 0 unspecified atom stereocenters. The van der Waals surface area contributed by atoms with E-state index >= 15 is 0 Å². The van der Waals surface area contributed by atoms with Gasteiger partial charge in [0.2, 0.25) is 0 Å². The van der Waals surface area contributed by atoms with E-state index in [4.69, 9.17) is 10.5 Å².